The van der Waals surface area contributed by atoms with Gasteiger partial charge >= 0.3 is 0 Å². The molecular formula is C12H10N4O2S. The number of aromatic amines is 1. The van der Waals surface area contributed by atoms with Crippen LogP contribution < -0.4 is 11.3 Å². The Labute approximate surface area is 112 Å². The van der Waals surface area contributed by atoms with Crippen molar-refractivity contribution >= 4 is 28.5 Å². The number of nitrogen functional groups attached to an aromatic ring is 1. The van der Waals surface area contributed by atoms with Gasteiger partial charge in [-0.1, -0.05) is 11.8 Å². The van der Waals surface area contributed by atoms with Crippen LogP contribution in [0.3, 0.4) is 0 Å². The van der Waals surface area contributed by atoms with Gasteiger partial charge < -0.3 is 15.1 Å². The summed E-state index contributed by atoms with van der Waals surface area (Å²) in [6.07, 6.45) is 1.47. The van der Waals surface area contributed by atoms with Gasteiger partial charge in [-0.05, 0) is 18.2 Å². The standard InChI is InChI=1S/C12H10N4O2S/c13-7-1-2-9-8(5-7)15-11(18-9)6-19-12-14-4-3-10(17)16-12/h1-5H,6,13H2,(H,14,16,17). The fourth-order valence-corrected chi connectivity index (χ4v) is 2.30. The van der Waals surface area contributed by atoms with Crippen molar-refractivity contribution in [2.45, 2.75) is 10.9 Å². The van der Waals surface area contributed by atoms with Crippen molar-refractivity contribution in [1.82, 2.24) is 15.0 Å². The lowest BCUT2D eigenvalue weighted by Crippen LogP contribution is -2.05. The molecule has 3 N–H and O–H groups in total. The van der Waals surface area contributed by atoms with Crippen molar-refractivity contribution in [2.24, 2.45) is 0 Å². The summed E-state index contributed by atoms with van der Waals surface area (Å²) in [6.45, 7) is 0. The summed E-state index contributed by atoms with van der Waals surface area (Å²) in [6, 6.07) is 6.68. The first-order chi connectivity index (χ1) is 9.20. The predicted molar refractivity (Wildman–Crippen MR) is 72.8 cm³/mol. The van der Waals surface area contributed by atoms with Gasteiger partial charge in [0.05, 0.1) is 5.75 Å². The molecule has 0 aliphatic rings. The second kappa shape index (κ2) is 4.77. The molecule has 0 unspecified atom stereocenters. The van der Waals surface area contributed by atoms with Crippen LogP contribution >= 0.6 is 11.8 Å². The molecule has 0 saturated carbocycles. The second-order valence-corrected chi connectivity index (χ2v) is 4.83. The lowest BCUT2D eigenvalue weighted by atomic mass is 10.3. The molecule has 2 heterocycles. The maximum absolute atomic E-state index is 11.1. The Morgan fingerprint density at radius 2 is 2.26 bits per heavy atom. The van der Waals surface area contributed by atoms with Crippen molar-refractivity contribution in [2.75, 3.05) is 5.73 Å². The van der Waals surface area contributed by atoms with Crippen molar-refractivity contribution in [1.29, 1.82) is 0 Å². The molecule has 0 atom stereocenters. The largest absolute Gasteiger partial charge is 0.440 e. The molecule has 0 saturated heterocycles. The molecule has 0 aliphatic heterocycles. The lowest BCUT2D eigenvalue weighted by molar-refractivity contribution is 0.556. The minimum atomic E-state index is -0.178. The zero-order valence-electron chi connectivity index (χ0n) is 9.79. The van der Waals surface area contributed by atoms with E-state index in [4.69, 9.17) is 10.2 Å². The minimum absolute atomic E-state index is 0.178. The zero-order chi connectivity index (χ0) is 13.2. The molecule has 0 amide bonds. The van der Waals surface area contributed by atoms with Gasteiger partial charge in [-0.15, -0.1) is 0 Å². The first-order valence-electron chi connectivity index (χ1n) is 5.54. The number of nitrogens with zero attached hydrogens (tertiary/aromatic N) is 2. The van der Waals surface area contributed by atoms with Crippen LogP contribution in [-0.4, -0.2) is 15.0 Å². The van der Waals surface area contributed by atoms with E-state index >= 15 is 0 Å². The maximum atomic E-state index is 11.1. The number of rotatable bonds is 3. The molecule has 3 aromatic rings. The minimum Gasteiger partial charge on any atom is -0.440 e. The van der Waals surface area contributed by atoms with E-state index in [1.807, 2.05) is 0 Å². The number of nitrogens with one attached hydrogen (secondary N) is 1. The molecule has 1 aromatic carbocycles. The summed E-state index contributed by atoms with van der Waals surface area (Å²) in [5.41, 5.74) is 7.57. The quantitative estimate of drug-likeness (QED) is 0.429. The van der Waals surface area contributed by atoms with Gasteiger partial charge in [-0.25, -0.2) is 9.97 Å². The number of thioether (sulfide) groups is 1. The molecule has 0 radical (unpaired) electrons. The van der Waals surface area contributed by atoms with E-state index in [-0.39, 0.29) is 5.56 Å². The third kappa shape index (κ3) is 2.60. The van der Waals surface area contributed by atoms with Crippen molar-refractivity contribution in [3.63, 3.8) is 0 Å². The van der Waals surface area contributed by atoms with Crippen LogP contribution in [0.4, 0.5) is 5.69 Å². The molecular weight excluding hydrogens is 264 g/mol. The fraction of sp³-hybridized carbons (Fsp3) is 0.0833. The Morgan fingerprint density at radius 3 is 3.11 bits per heavy atom. The first-order valence-corrected chi connectivity index (χ1v) is 6.52. The summed E-state index contributed by atoms with van der Waals surface area (Å²) in [5, 5.41) is 0.536. The number of hydrogen-bond donors (Lipinski definition) is 2. The van der Waals surface area contributed by atoms with Gasteiger partial charge in [0.2, 0.25) is 5.89 Å². The van der Waals surface area contributed by atoms with Crippen molar-refractivity contribution in [3.05, 3.63) is 46.7 Å². The highest BCUT2D eigenvalue weighted by Gasteiger charge is 2.07. The van der Waals surface area contributed by atoms with Crippen LogP contribution in [0.25, 0.3) is 11.1 Å². The Kier molecular flexibility index (Phi) is 2.96. The monoisotopic (exact) mass is 274 g/mol. The van der Waals surface area contributed by atoms with Crippen LogP contribution in [0.2, 0.25) is 0 Å². The lowest BCUT2D eigenvalue weighted by Gasteiger charge is -1.95. The Bertz CT molecular complexity index is 780. The number of nitrogens with two attached hydrogens (primary N) is 1. The van der Waals surface area contributed by atoms with E-state index in [1.165, 1.54) is 24.0 Å². The molecule has 6 nitrogen and oxygen atoms in total. The summed E-state index contributed by atoms with van der Waals surface area (Å²) >= 11 is 1.35. The average Bonchev–Trinajstić information content (AvgIpc) is 2.78. The number of hydrogen-bond acceptors (Lipinski definition) is 6. The molecule has 0 bridgehead atoms. The smallest absolute Gasteiger partial charge is 0.251 e. The van der Waals surface area contributed by atoms with Gasteiger partial charge in [0.15, 0.2) is 10.7 Å². The number of aromatic nitrogens is 3. The van der Waals surface area contributed by atoms with E-state index in [1.54, 1.807) is 18.2 Å². The van der Waals surface area contributed by atoms with Gasteiger partial charge in [0.1, 0.15) is 5.52 Å². The number of benzene rings is 1. The normalized spacial score (nSPS) is 10.9. The first kappa shape index (κ1) is 11.8. The van der Waals surface area contributed by atoms with E-state index in [9.17, 15) is 4.79 Å². The van der Waals surface area contributed by atoms with Gasteiger partial charge in [-0.3, -0.25) is 4.79 Å². The van der Waals surface area contributed by atoms with Crippen LogP contribution in [0, 0.1) is 0 Å². The number of fused-ring (bicyclic) bond motifs is 1. The summed E-state index contributed by atoms with van der Waals surface area (Å²) in [7, 11) is 0. The Hall–Kier alpha value is -2.28. The van der Waals surface area contributed by atoms with E-state index in [2.05, 4.69) is 15.0 Å². The topological polar surface area (TPSA) is 97.8 Å². The number of anilines is 1. The summed E-state index contributed by atoms with van der Waals surface area (Å²) in [5.74, 6) is 1.05. The molecule has 3 rings (SSSR count). The molecule has 19 heavy (non-hydrogen) atoms. The zero-order valence-corrected chi connectivity index (χ0v) is 10.6. The van der Waals surface area contributed by atoms with Crippen molar-refractivity contribution < 1.29 is 4.42 Å². The van der Waals surface area contributed by atoms with Gasteiger partial charge in [0.25, 0.3) is 5.56 Å². The van der Waals surface area contributed by atoms with Gasteiger partial charge in [-0.2, -0.15) is 0 Å². The average molecular weight is 274 g/mol. The van der Waals surface area contributed by atoms with E-state index in [0.717, 1.165) is 5.52 Å². The highest BCUT2D eigenvalue weighted by Crippen LogP contribution is 2.22. The molecule has 2 aromatic heterocycles. The van der Waals surface area contributed by atoms with Crippen LogP contribution in [-0.2, 0) is 5.75 Å². The predicted octanol–water partition coefficient (Wildman–Crippen LogP) is 1.79. The Balaban J connectivity index is 1.80. The highest BCUT2D eigenvalue weighted by molar-refractivity contribution is 7.98. The van der Waals surface area contributed by atoms with E-state index in [0.29, 0.717) is 28.1 Å². The third-order valence-corrected chi connectivity index (χ3v) is 3.31. The molecule has 0 aliphatic carbocycles. The number of H-pyrrole nitrogens is 1. The molecule has 0 fully saturated rings. The second-order valence-electron chi connectivity index (χ2n) is 3.86. The van der Waals surface area contributed by atoms with Crippen LogP contribution in [0.15, 0.2) is 44.8 Å². The third-order valence-electron chi connectivity index (χ3n) is 2.44. The number of oxazole rings is 1. The molecule has 7 heteroatoms. The highest BCUT2D eigenvalue weighted by atomic mass is 32.2. The maximum Gasteiger partial charge on any atom is 0.251 e. The molecule has 0 spiro atoms. The summed E-state index contributed by atoms with van der Waals surface area (Å²) in [4.78, 5) is 22.1. The van der Waals surface area contributed by atoms with Gasteiger partial charge in [0, 0.05) is 18.0 Å². The Morgan fingerprint density at radius 1 is 1.37 bits per heavy atom. The summed E-state index contributed by atoms with van der Waals surface area (Å²) < 4.78 is 5.57. The fourth-order valence-electron chi connectivity index (χ4n) is 1.61. The SMILES string of the molecule is Nc1ccc2oc(CSc3nccc(=O)[nH]3)nc2c1. The molecule has 96 valence electrons. The van der Waals surface area contributed by atoms with Crippen molar-refractivity contribution in [3.8, 4) is 0 Å². The van der Waals surface area contributed by atoms with E-state index < -0.39 is 0 Å². The van der Waals surface area contributed by atoms with Crippen LogP contribution in [0.1, 0.15) is 5.89 Å². The van der Waals surface area contributed by atoms with Crippen LogP contribution in [0.5, 0.6) is 0 Å².